The molecule has 1 saturated heterocycles. The summed E-state index contributed by atoms with van der Waals surface area (Å²) >= 11 is 0. The van der Waals surface area contributed by atoms with Crippen LogP contribution in [0, 0.1) is 5.92 Å². The van der Waals surface area contributed by atoms with E-state index in [0.717, 1.165) is 0 Å². The van der Waals surface area contributed by atoms with Gasteiger partial charge in [-0.2, -0.15) is 0 Å². The van der Waals surface area contributed by atoms with E-state index >= 15 is 0 Å². The van der Waals surface area contributed by atoms with Crippen molar-refractivity contribution in [2.45, 2.75) is 58.2 Å². The molecule has 20 heavy (non-hydrogen) atoms. The Hall–Kier alpha value is -0.860. The van der Waals surface area contributed by atoms with E-state index in [1.54, 1.807) is 0 Å². The Labute approximate surface area is 124 Å². The smallest absolute Gasteiger partial charge is 0.0478 e. The summed E-state index contributed by atoms with van der Waals surface area (Å²) in [5.41, 5.74) is 1.72. The van der Waals surface area contributed by atoms with Crippen molar-refractivity contribution in [3.63, 3.8) is 0 Å². The average molecular weight is 274 g/mol. The molecule has 0 aliphatic carbocycles. The lowest BCUT2D eigenvalue weighted by atomic mass is 9.87. The first-order valence-electron chi connectivity index (χ1n) is 7.96. The molecule has 1 fully saturated rings. The van der Waals surface area contributed by atoms with E-state index in [9.17, 15) is 0 Å². The van der Waals surface area contributed by atoms with Crippen molar-refractivity contribution >= 4 is 0 Å². The number of hydrogen-bond acceptors (Lipinski definition) is 2. The highest BCUT2D eigenvalue weighted by molar-refractivity contribution is 5.21. The highest BCUT2D eigenvalue weighted by Crippen LogP contribution is 2.37. The number of benzene rings is 1. The lowest BCUT2D eigenvalue weighted by Gasteiger charge is -2.44. The Morgan fingerprint density at radius 2 is 1.80 bits per heavy atom. The Morgan fingerprint density at radius 1 is 1.15 bits per heavy atom. The summed E-state index contributed by atoms with van der Waals surface area (Å²) in [7, 11) is 2.09. The molecular formula is C18H30N2. The van der Waals surface area contributed by atoms with Crippen molar-refractivity contribution in [1.82, 2.24) is 10.2 Å². The second-order valence-electron chi connectivity index (χ2n) is 7.02. The van der Waals surface area contributed by atoms with Crippen LogP contribution in [0.4, 0.5) is 0 Å². The van der Waals surface area contributed by atoms with Gasteiger partial charge in [-0.15, -0.1) is 0 Å². The van der Waals surface area contributed by atoms with Crippen LogP contribution in [-0.2, 0) is 0 Å². The fourth-order valence-electron chi connectivity index (χ4n) is 3.80. The zero-order chi connectivity index (χ0) is 14.8. The summed E-state index contributed by atoms with van der Waals surface area (Å²) < 4.78 is 0. The quantitative estimate of drug-likeness (QED) is 0.877. The summed E-state index contributed by atoms with van der Waals surface area (Å²) in [6, 6.07) is 11.8. The molecule has 2 nitrogen and oxygen atoms in total. The molecule has 112 valence electrons. The van der Waals surface area contributed by atoms with Crippen LogP contribution in [0.15, 0.2) is 30.3 Å². The molecular weight excluding hydrogens is 244 g/mol. The molecule has 2 unspecified atom stereocenters. The minimum absolute atomic E-state index is 0.318. The van der Waals surface area contributed by atoms with Gasteiger partial charge in [0.25, 0.3) is 0 Å². The molecule has 2 atom stereocenters. The van der Waals surface area contributed by atoms with Crippen molar-refractivity contribution in [3.05, 3.63) is 35.9 Å². The van der Waals surface area contributed by atoms with Gasteiger partial charge in [-0.3, -0.25) is 4.90 Å². The highest BCUT2D eigenvalue weighted by Gasteiger charge is 2.41. The molecule has 1 aromatic rings. The Balaban J connectivity index is 2.32. The van der Waals surface area contributed by atoms with Gasteiger partial charge in [0.15, 0.2) is 0 Å². The maximum absolute atomic E-state index is 3.57. The maximum atomic E-state index is 3.57. The second-order valence-corrected chi connectivity index (χ2v) is 7.02. The summed E-state index contributed by atoms with van der Waals surface area (Å²) in [6.07, 6.45) is 2.63. The van der Waals surface area contributed by atoms with Crippen molar-refractivity contribution < 1.29 is 0 Å². The molecule has 2 heteroatoms. The third-order valence-corrected chi connectivity index (χ3v) is 4.82. The normalized spacial score (nSPS) is 22.1. The molecule has 2 rings (SSSR count). The predicted octanol–water partition coefficient (Wildman–Crippen LogP) is 3.85. The van der Waals surface area contributed by atoms with E-state index < -0.39 is 0 Å². The molecule has 1 N–H and O–H groups in total. The van der Waals surface area contributed by atoms with Crippen molar-refractivity contribution in [2.75, 3.05) is 13.6 Å². The largest absolute Gasteiger partial charge is 0.312 e. The predicted molar refractivity (Wildman–Crippen MR) is 86.9 cm³/mol. The lowest BCUT2D eigenvalue weighted by Crippen LogP contribution is -2.53. The van der Waals surface area contributed by atoms with Crippen LogP contribution in [0.5, 0.6) is 0 Å². The van der Waals surface area contributed by atoms with Crippen LogP contribution in [-0.4, -0.2) is 30.1 Å². The summed E-state index contributed by atoms with van der Waals surface area (Å²) in [5, 5.41) is 3.57. The van der Waals surface area contributed by atoms with E-state index in [1.165, 1.54) is 24.9 Å². The van der Waals surface area contributed by atoms with Crippen LogP contribution in [0.1, 0.15) is 52.1 Å². The number of rotatable bonds is 5. The Bertz CT molecular complexity index is 411. The highest BCUT2D eigenvalue weighted by atomic mass is 15.3. The van der Waals surface area contributed by atoms with Gasteiger partial charge in [-0.1, -0.05) is 44.2 Å². The molecule has 0 bridgehead atoms. The monoisotopic (exact) mass is 274 g/mol. The van der Waals surface area contributed by atoms with Gasteiger partial charge < -0.3 is 5.32 Å². The number of nitrogens with one attached hydrogen (secondary N) is 1. The van der Waals surface area contributed by atoms with E-state index in [2.05, 4.69) is 75.3 Å². The Morgan fingerprint density at radius 3 is 2.25 bits per heavy atom. The van der Waals surface area contributed by atoms with E-state index in [4.69, 9.17) is 0 Å². The fraction of sp³-hybridized carbons (Fsp3) is 0.667. The molecule has 0 spiro atoms. The van der Waals surface area contributed by atoms with Crippen molar-refractivity contribution in [3.8, 4) is 0 Å². The van der Waals surface area contributed by atoms with Gasteiger partial charge in [0.1, 0.15) is 0 Å². The first-order chi connectivity index (χ1) is 9.47. The van der Waals surface area contributed by atoms with Gasteiger partial charge in [-0.25, -0.2) is 0 Å². The van der Waals surface area contributed by atoms with Crippen molar-refractivity contribution in [2.24, 2.45) is 5.92 Å². The SMILES string of the molecule is CNC(c1ccccc1)C(C(C)C)N1CCCC1(C)C. The first-order valence-corrected chi connectivity index (χ1v) is 7.96. The number of nitrogens with zero attached hydrogens (tertiary/aromatic N) is 1. The fourth-order valence-corrected chi connectivity index (χ4v) is 3.80. The van der Waals surface area contributed by atoms with E-state index in [0.29, 0.717) is 23.5 Å². The molecule has 1 heterocycles. The summed E-state index contributed by atoms with van der Waals surface area (Å²) in [4.78, 5) is 2.73. The molecule has 1 aromatic carbocycles. The first kappa shape index (κ1) is 15.5. The summed E-state index contributed by atoms with van der Waals surface area (Å²) in [5.74, 6) is 0.630. The standard InChI is InChI=1S/C18H30N2/c1-14(2)17(20-13-9-12-18(20,3)4)16(19-5)15-10-7-6-8-11-15/h6-8,10-11,14,16-17,19H,9,12-13H2,1-5H3. The van der Waals surface area contributed by atoms with Gasteiger partial charge in [-0.05, 0) is 51.8 Å². The average Bonchev–Trinajstić information content (AvgIpc) is 2.75. The minimum Gasteiger partial charge on any atom is -0.312 e. The summed E-state index contributed by atoms with van der Waals surface area (Å²) in [6.45, 7) is 10.7. The molecule has 0 saturated carbocycles. The molecule has 0 radical (unpaired) electrons. The number of hydrogen-bond donors (Lipinski definition) is 1. The van der Waals surface area contributed by atoms with Gasteiger partial charge in [0.2, 0.25) is 0 Å². The minimum atomic E-state index is 0.318. The van der Waals surface area contributed by atoms with Gasteiger partial charge in [0, 0.05) is 17.6 Å². The topological polar surface area (TPSA) is 15.3 Å². The van der Waals surface area contributed by atoms with Crippen LogP contribution in [0.3, 0.4) is 0 Å². The van der Waals surface area contributed by atoms with Gasteiger partial charge >= 0.3 is 0 Å². The number of likely N-dealkylation sites (tertiary alicyclic amines) is 1. The van der Waals surface area contributed by atoms with E-state index in [-0.39, 0.29) is 0 Å². The molecule has 1 aliphatic rings. The zero-order valence-electron chi connectivity index (χ0n) is 13.7. The van der Waals surface area contributed by atoms with E-state index in [1.807, 2.05) is 0 Å². The van der Waals surface area contributed by atoms with Crippen LogP contribution < -0.4 is 5.32 Å². The third-order valence-electron chi connectivity index (χ3n) is 4.82. The lowest BCUT2D eigenvalue weighted by molar-refractivity contribution is 0.0613. The second kappa shape index (κ2) is 6.28. The van der Waals surface area contributed by atoms with Crippen molar-refractivity contribution in [1.29, 1.82) is 0 Å². The molecule has 0 amide bonds. The van der Waals surface area contributed by atoms with Crippen LogP contribution >= 0.6 is 0 Å². The van der Waals surface area contributed by atoms with Crippen LogP contribution in [0.2, 0.25) is 0 Å². The third kappa shape index (κ3) is 3.07. The zero-order valence-corrected chi connectivity index (χ0v) is 13.7. The van der Waals surface area contributed by atoms with Crippen LogP contribution in [0.25, 0.3) is 0 Å². The maximum Gasteiger partial charge on any atom is 0.0478 e. The molecule has 1 aliphatic heterocycles. The molecule has 0 aromatic heterocycles. The van der Waals surface area contributed by atoms with Gasteiger partial charge in [0.05, 0.1) is 0 Å². The number of likely N-dealkylation sites (N-methyl/N-ethyl adjacent to an activating group) is 1. The Kier molecular flexibility index (Phi) is 4.87.